The van der Waals surface area contributed by atoms with Gasteiger partial charge in [0.15, 0.2) is 0 Å². The lowest BCUT2D eigenvalue weighted by molar-refractivity contribution is 1.28. The Morgan fingerprint density at radius 2 is 0.667 bits per heavy atom. The zero-order valence-corrected chi connectivity index (χ0v) is 38.0. The van der Waals surface area contributed by atoms with Crippen molar-refractivity contribution in [3.63, 3.8) is 0 Å². The lowest BCUT2D eigenvalue weighted by atomic mass is 9.95. The molecule has 0 radical (unpaired) electrons. The smallest absolute Gasteiger partial charge is 0.124 e. The van der Waals surface area contributed by atoms with Gasteiger partial charge >= 0.3 is 0 Å². The third kappa shape index (κ3) is 6.63. The normalized spacial score (nSPS) is 11.6. The number of para-hydroxylation sites is 2. The van der Waals surface area contributed by atoms with E-state index in [4.69, 9.17) is 4.98 Å². The van der Waals surface area contributed by atoms with Crippen LogP contribution in [0, 0.1) is 0 Å². The molecule has 10 aromatic carbocycles. The number of hydrogen-bond acceptors (Lipinski definition) is 5. The molecule has 66 heavy (non-hydrogen) atoms. The lowest BCUT2D eigenvalue weighted by Gasteiger charge is -2.25. The summed E-state index contributed by atoms with van der Waals surface area (Å²) in [4.78, 5) is 7.81. The van der Waals surface area contributed by atoms with Gasteiger partial charge in [-0.25, -0.2) is 4.98 Å². The van der Waals surface area contributed by atoms with E-state index in [2.05, 4.69) is 235 Å². The van der Waals surface area contributed by atoms with Crippen LogP contribution in [0.2, 0.25) is 0 Å². The van der Waals surface area contributed by atoms with E-state index in [1.165, 1.54) is 78.4 Å². The van der Waals surface area contributed by atoms with E-state index in [9.17, 15) is 0 Å². The van der Waals surface area contributed by atoms with Crippen molar-refractivity contribution in [1.82, 2.24) is 4.98 Å². The predicted octanol–water partition coefficient (Wildman–Crippen LogP) is 18.8. The van der Waals surface area contributed by atoms with Crippen LogP contribution in [0.25, 0.3) is 106 Å². The molecule has 3 aromatic heterocycles. The second-order valence-electron chi connectivity index (χ2n) is 16.6. The van der Waals surface area contributed by atoms with E-state index in [0.29, 0.717) is 0 Å². The van der Waals surface area contributed by atoms with Gasteiger partial charge in [-0.05, 0) is 94.0 Å². The summed E-state index contributed by atoms with van der Waals surface area (Å²) in [7, 11) is 0. The summed E-state index contributed by atoms with van der Waals surface area (Å²) in [5.74, 6) is 0. The van der Waals surface area contributed by atoms with Gasteiger partial charge in [-0.3, -0.25) is 0 Å². The average Bonchev–Trinajstić information content (AvgIpc) is 4.12. The Balaban J connectivity index is 0.910. The van der Waals surface area contributed by atoms with Gasteiger partial charge < -0.3 is 4.90 Å². The molecule has 13 rings (SSSR count). The van der Waals surface area contributed by atoms with Crippen LogP contribution < -0.4 is 4.90 Å². The zero-order chi connectivity index (χ0) is 43.6. The van der Waals surface area contributed by atoms with Crippen molar-refractivity contribution in [2.75, 3.05) is 4.90 Å². The first kappa shape index (κ1) is 38.8. The summed E-state index contributed by atoms with van der Waals surface area (Å²) in [6.45, 7) is 0. The Hall–Kier alpha value is -7.67. The molecule has 0 amide bonds. The van der Waals surface area contributed by atoms with Crippen molar-refractivity contribution in [1.29, 1.82) is 0 Å². The maximum absolute atomic E-state index is 5.51. The predicted molar refractivity (Wildman–Crippen MR) is 287 cm³/mol. The van der Waals surface area contributed by atoms with Crippen LogP contribution in [-0.4, -0.2) is 4.98 Å². The first-order chi connectivity index (χ1) is 32.7. The molecule has 0 aliphatic heterocycles. The molecule has 0 saturated heterocycles. The molecule has 5 heteroatoms. The number of aromatic nitrogens is 1. The molecule has 0 spiro atoms. The van der Waals surface area contributed by atoms with Crippen LogP contribution in [0.4, 0.5) is 17.1 Å². The number of nitrogens with zero attached hydrogens (tertiary/aromatic N) is 2. The minimum atomic E-state index is 0.998. The fourth-order valence-electron chi connectivity index (χ4n) is 9.55. The lowest BCUT2D eigenvalue weighted by Crippen LogP contribution is -2.09. The molecule has 0 aliphatic carbocycles. The zero-order valence-electron chi connectivity index (χ0n) is 35.6. The van der Waals surface area contributed by atoms with Gasteiger partial charge in [-0.15, -0.1) is 34.0 Å². The molecular formula is C61H38N2S3. The summed E-state index contributed by atoms with van der Waals surface area (Å²) < 4.78 is 6.48. The number of thiophene rings is 2. The highest BCUT2D eigenvalue weighted by Crippen LogP contribution is 2.46. The Bertz CT molecular complexity index is 3670. The van der Waals surface area contributed by atoms with Crippen molar-refractivity contribution < 1.29 is 0 Å². The second kappa shape index (κ2) is 16.1. The van der Waals surface area contributed by atoms with Crippen molar-refractivity contribution in [3.05, 3.63) is 231 Å². The van der Waals surface area contributed by atoms with Gasteiger partial charge in [0.05, 0.1) is 10.2 Å². The number of rotatable bonds is 8. The van der Waals surface area contributed by atoms with Crippen LogP contribution in [-0.2, 0) is 0 Å². The minimum absolute atomic E-state index is 0.998. The standard InChI is InChI=1S/C61H38N2S3/c1-3-13-44(14-4-1)63(45-15-5-2-6-16-45)46-35-33-43(34-36-46)61-62-57-47(39-25-27-40(28-26-39)48-19-11-21-53-51-17-7-9-23-55(51)64-58(48)53)37-38-50(60(57)66-61)42-31-29-41(30-32-42)49-20-12-22-54-52-18-8-10-24-56(52)65-59(49)54/h1-38H. The SMILES string of the molecule is c1ccc(N(c2ccccc2)c2ccc(-c3nc4c(-c5ccc(-c6cccc7c6sc6ccccc67)cc5)ccc(-c5ccc(-c6cccc7c6sc6ccccc67)cc5)c4s3)cc2)cc1. The van der Waals surface area contributed by atoms with Gasteiger partial charge in [0.25, 0.3) is 0 Å². The average molecular weight is 895 g/mol. The molecular weight excluding hydrogens is 857 g/mol. The summed E-state index contributed by atoms with van der Waals surface area (Å²) in [5.41, 5.74) is 15.1. The quantitative estimate of drug-likeness (QED) is 0.151. The van der Waals surface area contributed by atoms with E-state index in [1.54, 1.807) is 11.3 Å². The molecule has 0 atom stereocenters. The molecule has 2 nitrogen and oxygen atoms in total. The second-order valence-corrected chi connectivity index (χ2v) is 19.7. The monoisotopic (exact) mass is 894 g/mol. The summed E-state index contributed by atoms with van der Waals surface area (Å²) in [6.07, 6.45) is 0. The fourth-order valence-corrected chi connectivity index (χ4v) is 13.2. The first-order valence-electron chi connectivity index (χ1n) is 22.2. The number of anilines is 3. The Labute approximate surface area is 394 Å². The molecule has 310 valence electrons. The number of benzene rings is 10. The third-order valence-electron chi connectivity index (χ3n) is 12.8. The van der Waals surface area contributed by atoms with Crippen LogP contribution in [0.3, 0.4) is 0 Å². The molecule has 0 bridgehead atoms. The molecule has 0 N–H and O–H groups in total. The summed E-state index contributed by atoms with van der Waals surface area (Å²) in [5, 5.41) is 6.27. The first-order valence-corrected chi connectivity index (χ1v) is 24.6. The van der Waals surface area contributed by atoms with Crippen LogP contribution in [0.15, 0.2) is 231 Å². The molecule has 13 aromatic rings. The van der Waals surface area contributed by atoms with Gasteiger partial charge in [0.2, 0.25) is 0 Å². The van der Waals surface area contributed by atoms with E-state index < -0.39 is 0 Å². The third-order valence-corrected chi connectivity index (χ3v) is 16.3. The number of fused-ring (bicyclic) bond motifs is 7. The molecule has 0 unspecified atom stereocenters. The molecule has 0 saturated carbocycles. The summed E-state index contributed by atoms with van der Waals surface area (Å²) in [6, 6.07) is 83.7. The Morgan fingerprint density at radius 1 is 0.273 bits per heavy atom. The van der Waals surface area contributed by atoms with Crippen LogP contribution in [0.5, 0.6) is 0 Å². The highest BCUT2D eigenvalue weighted by Gasteiger charge is 2.19. The summed E-state index contributed by atoms with van der Waals surface area (Å²) >= 11 is 5.53. The van der Waals surface area contributed by atoms with Gasteiger partial charge in [0.1, 0.15) is 5.01 Å². The molecule has 0 fully saturated rings. The Kier molecular flexibility index (Phi) is 9.45. The number of hydrogen-bond donors (Lipinski definition) is 0. The van der Waals surface area contributed by atoms with Crippen LogP contribution in [0.1, 0.15) is 0 Å². The maximum Gasteiger partial charge on any atom is 0.124 e. The van der Waals surface area contributed by atoms with Gasteiger partial charge in [-0.1, -0.05) is 170 Å². The van der Waals surface area contributed by atoms with E-state index >= 15 is 0 Å². The van der Waals surface area contributed by atoms with Crippen molar-refractivity contribution >= 4 is 102 Å². The maximum atomic E-state index is 5.51. The topological polar surface area (TPSA) is 16.1 Å². The largest absolute Gasteiger partial charge is 0.311 e. The van der Waals surface area contributed by atoms with Crippen molar-refractivity contribution in [2.45, 2.75) is 0 Å². The van der Waals surface area contributed by atoms with Crippen molar-refractivity contribution in [3.8, 4) is 55.1 Å². The van der Waals surface area contributed by atoms with Crippen molar-refractivity contribution in [2.24, 2.45) is 0 Å². The van der Waals surface area contributed by atoms with E-state index in [1.807, 2.05) is 22.7 Å². The van der Waals surface area contributed by atoms with Gasteiger partial charge in [-0.2, -0.15) is 0 Å². The highest BCUT2D eigenvalue weighted by molar-refractivity contribution is 7.26. The number of thiazole rings is 1. The minimum Gasteiger partial charge on any atom is -0.311 e. The molecule has 3 heterocycles. The van der Waals surface area contributed by atoms with E-state index in [-0.39, 0.29) is 0 Å². The Morgan fingerprint density at radius 3 is 1.18 bits per heavy atom. The molecule has 0 aliphatic rings. The van der Waals surface area contributed by atoms with E-state index in [0.717, 1.165) is 44.3 Å². The fraction of sp³-hybridized carbons (Fsp3) is 0. The highest BCUT2D eigenvalue weighted by atomic mass is 32.1. The van der Waals surface area contributed by atoms with Crippen LogP contribution >= 0.6 is 34.0 Å². The van der Waals surface area contributed by atoms with Gasteiger partial charge in [0, 0.05) is 74.1 Å².